The van der Waals surface area contributed by atoms with E-state index in [-0.39, 0.29) is 4.90 Å². The van der Waals surface area contributed by atoms with Crippen molar-refractivity contribution in [3.05, 3.63) is 109 Å². The number of ether oxygens (including phenoxy) is 2. The smallest absolute Gasteiger partial charge is 0.264 e. The molecule has 0 saturated carbocycles. The maximum absolute atomic E-state index is 13.4. The highest BCUT2D eigenvalue weighted by atomic mass is 32.2. The number of nitrogens with zero attached hydrogens (tertiary/aromatic N) is 1. The molecule has 0 unspecified atom stereocenters. The fourth-order valence-corrected chi connectivity index (χ4v) is 4.77. The van der Waals surface area contributed by atoms with Crippen LogP contribution < -0.4 is 19.1 Å². The van der Waals surface area contributed by atoms with Gasteiger partial charge in [-0.1, -0.05) is 36.4 Å². The Hall–Kier alpha value is -4.30. The zero-order valence-corrected chi connectivity index (χ0v) is 19.8. The predicted molar refractivity (Wildman–Crippen MR) is 136 cm³/mol. The molecule has 0 radical (unpaired) electrons. The van der Waals surface area contributed by atoms with Crippen LogP contribution in [0.1, 0.15) is 0 Å². The van der Waals surface area contributed by atoms with Gasteiger partial charge < -0.3 is 14.8 Å². The number of carbonyl (C=O) groups excluding carboxylic acids is 1. The van der Waals surface area contributed by atoms with E-state index in [1.54, 1.807) is 66.7 Å². The molecule has 0 fully saturated rings. The average Bonchev–Trinajstić information content (AvgIpc) is 2.89. The van der Waals surface area contributed by atoms with Crippen LogP contribution >= 0.6 is 0 Å². The summed E-state index contributed by atoms with van der Waals surface area (Å²) in [6.07, 6.45) is 0. The summed E-state index contributed by atoms with van der Waals surface area (Å²) in [5, 5.41) is 2.75. The highest BCUT2D eigenvalue weighted by molar-refractivity contribution is 7.92. The highest BCUT2D eigenvalue weighted by Gasteiger charge is 2.27. The molecule has 8 heteroatoms. The van der Waals surface area contributed by atoms with Crippen LogP contribution in [0.2, 0.25) is 0 Å². The van der Waals surface area contributed by atoms with E-state index in [2.05, 4.69) is 5.32 Å². The van der Waals surface area contributed by atoms with Crippen LogP contribution in [0.5, 0.6) is 17.2 Å². The highest BCUT2D eigenvalue weighted by Crippen LogP contribution is 2.26. The molecule has 7 nitrogen and oxygen atoms in total. The number of rotatable bonds is 9. The zero-order chi connectivity index (χ0) is 24.7. The lowest BCUT2D eigenvalue weighted by Gasteiger charge is -2.24. The minimum atomic E-state index is -4.01. The molecule has 4 rings (SSSR count). The predicted octanol–water partition coefficient (Wildman–Crippen LogP) is 5.32. The van der Waals surface area contributed by atoms with Crippen LogP contribution in [0.15, 0.2) is 114 Å². The molecule has 178 valence electrons. The Morgan fingerprint density at radius 2 is 1.29 bits per heavy atom. The van der Waals surface area contributed by atoms with Gasteiger partial charge in [-0.15, -0.1) is 0 Å². The third kappa shape index (κ3) is 5.99. The van der Waals surface area contributed by atoms with Crippen molar-refractivity contribution < 1.29 is 22.7 Å². The normalized spacial score (nSPS) is 10.9. The molecule has 1 amide bonds. The molecule has 0 heterocycles. The van der Waals surface area contributed by atoms with Crippen molar-refractivity contribution in [1.29, 1.82) is 0 Å². The largest absolute Gasteiger partial charge is 0.497 e. The summed E-state index contributed by atoms with van der Waals surface area (Å²) < 4.78 is 38.8. The van der Waals surface area contributed by atoms with Gasteiger partial charge in [0, 0.05) is 5.69 Å². The van der Waals surface area contributed by atoms with Crippen LogP contribution in [-0.4, -0.2) is 28.0 Å². The van der Waals surface area contributed by atoms with Crippen molar-refractivity contribution >= 4 is 27.3 Å². The lowest BCUT2D eigenvalue weighted by Crippen LogP contribution is -2.38. The third-order valence-electron chi connectivity index (χ3n) is 5.10. The van der Waals surface area contributed by atoms with Crippen LogP contribution in [0.25, 0.3) is 0 Å². The number of hydrogen-bond acceptors (Lipinski definition) is 5. The number of benzene rings is 4. The maximum atomic E-state index is 13.4. The molecule has 4 aromatic carbocycles. The Labute approximate surface area is 204 Å². The number of para-hydroxylation sites is 2. The number of carbonyl (C=O) groups is 1. The number of methoxy groups -OCH3 is 1. The number of amides is 1. The van der Waals surface area contributed by atoms with E-state index in [4.69, 9.17) is 9.47 Å². The molecule has 0 atom stereocenters. The molecule has 0 bridgehead atoms. The first-order valence-corrected chi connectivity index (χ1v) is 12.2. The van der Waals surface area contributed by atoms with Crippen LogP contribution in [0.3, 0.4) is 0 Å². The molecule has 35 heavy (non-hydrogen) atoms. The summed E-state index contributed by atoms with van der Waals surface area (Å²) in [7, 11) is -2.51. The van der Waals surface area contributed by atoms with E-state index >= 15 is 0 Å². The summed E-state index contributed by atoms with van der Waals surface area (Å²) in [4.78, 5) is 12.9. The number of hydrogen-bond donors (Lipinski definition) is 1. The van der Waals surface area contributed by atoms with Crippen molar-refractivity contribution in [1.82, 2.24) is 0 Å². The van der Waals surface area contributed by atoms with E-state index in [9.17, 15) is 13.2 Å². The fraction of sp³-hybridized carbons (Fsp3) is 0.0741. The van der Waals surface area contributed by atoms with Crippen molar-refractivity contribution in [2.45, 2.75) is 4.90 Å². The Balaban J connectivity index is 1.50. The van der Waals surface area contributed by atoms with Crippen LogP contribution in [0, 0.1) is 0 Å². The summed E-state index contributed by atoms with van der Waals surface area (Å²) in [6.45, 7) is -0.402. The van der Waals surface area contributed by atoms with Gasteiger partial charge in [0.15, 0.2) is 0 Å². The van der Waals surface area contributed by atoms with Gasteiger partial charge in [0.25, 0.3) is 10.0 Å². The Morgan fingerprint density at radius 3 is 1.89 bits per heavy atom. The minimum absolute atomic E-state index is 0.0531. The Morgan fingerprint density at radius 1 is 0.743 bits per heavy atom. The molecule has 0 aliphatic heterocycles. The monoisotopic (exact) mass is 488 g/mol. The summed E-state index contributed by atoms with van der Waals surface area (Å²) in [6, 6.07) is 30.7. The number of anilines is 2. The topological polar surface area (TPSA) is 84.9 Å². The molecule has 0 aliphatic rings. The summed E-state index contributed by atoms with van der Waals surface area (Å²) in [5.74, 6) is 1.36. The van der Waals surface area contributed by atoms with Crippen LogP contribution in [0.4, 0.5) is 11.4 Å². The first-order chi connectivity index (χ1) is 17.0. The average molecular weight is 489 g/mol. The molecule has 0 saturated heterocycles. The maximum Gasteiger partial charge on any atom is 0.264 e. The van der Waals surface area contributed by atoms with Gasteiger partial charge in [0.2, 0.25) is 5.91 Å². The molecule has 4 aromatic rings. The van der Waals surface area contributed by atoms with Crippen molar-refractivity contribution in [2.75, 3.05) is 23.3 Å². The quantitative estimate of drug-likeness (QED) is 0.345. The van der Waals surface area contributed by atoms with E-state index in [1.165, 1.54) is 19.2 Å². The van der Waals surface area contributed by atoms with E-state index in [0.29, 0.717) is 28.6 Å². The number of sulfonamides is 1. The fourth-order valence-electron chi connectivity index (χ4n) is 3.35. The van der Waals surface area contributed by atoms with E-state index in [1.807, 2.05) is 30.3 Å². The minimum Gasteiger partial charge on any atom is -0.497 e. The first kappa shape index (κ1) is 23.8. The van der Waals surface area contributed by atoms with Gasteiger partial charge in [-0.25, -0.2) is 8.42 Å². The van der Waals surface area contributed by atoms with Gasteiger partial charge in [0.1, 0.15) is 23.8 Å². The molecule has 1 N–H and O–H groups in total. The molecular weight excluding hydrogens is 464 g/mol. The second-order valence-electron chi connectivity index (χ2n) is 7.51. The second kappa shape index (κ2) is 10.8. The summed E-state index contributed by atoms with van der Waals surface area (Å²) >= 11 is 0. The molecule has 0 aliphatic carbocycles. The lowest BCUT2D eigenvalue weighted by molar-refractivity contribution is -0.114. The molecule has 0 aromatic heterocycles. The van der Waals surface area contributed by atoms with Crippen molar-refractivity contribution in [3.8, 4) is 17.2 Å². The first-order valence-electron chi connectivity index (χ1n) is 10.8. The summed E-state index contributed by atoms with van der Waals surface area (Å²) in [5.41, 5.74) is 0.898. The van der Waals surface area contributed by atoms with Gasteiger partial charge in [0.05, 0.1) is 17.7 Å². The second-order valence-corrected chi connectivity index (χ2v) is 9.37. The van der Waals surface area contributed by atoms with Crippen molar-refractivity contribution in [3.63, 3.8) is 0 Å². The number of nitrogens with one attached hydrogen (secondary N) is 1. The third-order valence-corrected chi connectivity index (χ3v) is 6.88. The van der Waals surface area contributed by atoms with Gasteiger partial charge in [-0.05, 0) is 72.8 Å². The van der Waals surface area contributed by atoms with Gasteiger partial charge >= 0.3 is 0 Å². The van der Waals surface area contributed by atoms with E-state index < -0.39 is 22.5 Å². The zero-order valence-electron chi connectivity index (χ0n) is 19.0. The molecule has 0 spiro atoms. The van der Waals surface area contributed by atoms with Crippen molar-refractivity contribution in [2.24, 2.45) is 0 Å². The Bertz CT molecular complexity index is 1360. The molecular formula is C27H24N2O5S. The van der Waals surface area contributed by atoms with Crippen LogP contribution in [-0.2, 0) is 14.8 Å². The lowest BCUT2D eigenvalue weighted by atomic mass is 10.3. The SMILES string of the molecule is COc1ccc(S(=O)(=O)N(CC(=O)Nc2ccc(Oc3ccccc3)cc2)c2ccccc2)cc1. The van der Waals surface area contributed by atoms with E-state index in [0.717, 1.165) is 4.31 Å². The van der Waals surface area contributed by atoms with Gasteiger partial charge in [-0.3, -0.25) is 9.10 Å². The Kier molecular flexibility index (Phi) is 7.32. The standard InChI is InChI=1S/C27H24N2O5S/c1-33-23-16-18-26(19-17-23)35(31,32)29(22-8-4-2-5-9-22)20-27(30)28-21-12-14-25(15-13-21)34-24-10-6-3-7-11-24/h2-19H,20H2,1H3,(H,28,30). The van der Waals surface area contributed by atoms with Gasteiger partial charge in [-0.2, -0.15) is 0 Å².